The molecular formula is C19H22ClN3O3S. The second kappa shape index (κ2) is 9.12. The van der Waals surface area contributed by atoms with Gasteiger partial charge in [-0.05, 0) is 36.5 Å². The van der Waals surface area contributed by atoms with E-state index in [1.165, 1.54) is 5.69 Å². The fraction of sp³-hybridized carbons (Fsp3) is 0.316. The highest BCUT2D eigenvalue weighted by molar-refractivity contribution is 7.80. The molecule has 2 aromatic rings. The molecule has 2 N–H and O–H groups in total. The van der Waals surface area contributed by atoms with Gasteiger partial charge >= 0.3 is 0 Å². The zero-order valence-electron chi connectivity index (χ0n) is 15.3. The number of benzene rings is 2. The summed E-state index contributed by atoms with van der Waals surface area (Å²) in [6.07, 6.45) is 0. The molecule has 0 bridgehead atoms. The Morgan fingerprint density at radius 2 is 1.70 bits per heavy atom. The Labute approximate surface area is 169 Å². The Morgan fingerprint density at radius 3 is 2.33 bits per heavy atom. The highest BCUT2D eigenvalue weighted by atomic mass is 35.5. The molecule has 3 rings (SSSR count). The van der Waals surface area contributed by atoms with E-state index in [9.17, 15) is 0 Å². The van der Waals surface area contributed by atoms with Crippen LogP contribution in [0.25, 0.3) is 0 Å². The summed E-state index contributed by atoms with van der Waals surface area (Å²) >= 11 is 11.5. The Balaban J connectivity index is 1.65. The van der Waals surface area contributed by atoms with Crippen molar-refractivity contribution in [2.75, 3.05) is 56.1 Å². The number of anilines is 3. The van der Waals surface area contributed by atoms with E-state index < -0.39 is 0 Å². The van der Waals surface area contributed by atoms with Crippen LogP contribution in [0.5, 0.6) is 11.5 Å². The Hall–Kier alpha value is -2.22. The minimum atomic E-state index is 0.441. The van der Waals surface area contributed by atoms with Crippen LogP contribution in [0.15, 0.2) is 36.4 Å². The molecular weight excluding hydrogens is 386 g/mol. The first-order valence-corrected chi connectivity index (χ1v) is 9.31. The van der Waals surface area contributed by atoms with Gasteiger partial charge in [-0.3, -0.25) is 0 Å². The molecule has 6 nitrogen and oxygen atoms in total. The quantitative estimate of drug-likeness (QED) is 0.726. The predicted octanol–water partition coefficient (Wildman–Crippen LogP) is 4.00. The van der Waals surface area contributed by atoms with E-state index in [1.807, 2.05) is 12.1 Å². The van der Waals surface area contributed by atoms with Gasteiger partial charge in [-0.1, -0.05) is 11.6 Å². The molecule has 0 radical (unpaired) electrons. The van der Waals surface area contributed by atoms with E-state index in [0.717, 1.165) is 32.0 Å². The molecule has 144 valence electrons. The van der Waals surface area contributed by atoms with Crippen molar-refractivity contribution in [3.8, 4) is 11.5 Å². The molecule has 0 aliphatic carbocycles. The second-order valence-electron chi connectivity index (χ2n) is 5.91. The summed E-state index contributed by atoms with van der Waals surface area (Å²) in [4.78, 5) is 2.30. The van der Waals surface area contributed by atoms with E-state index in [0.29, 0.717) is 27.3 Å². The molecule has 1 fully saturated rings. The molecule has 1 aliphatic heterocycles. The minimum Gasteiger partial charge on any atom is -0.495 e. The monoisotopic (exact) mass is 407 g/mol. The number of morpholine rings is 1. The lowest BCUT2D eigenvalue weighted by atomic mass is 10.2. The van der Waals surface area contributed by atoms with Crippen molar-refractivity contribution in [2.45, 2.75) is 0 Å². The maximum atomic E-state index is 6.13. The third kappa shape index (κ3) is 4.94. The van der Waals surface area contributed by atoms with Gasteiger partial charge in [0.1, 0.15) is 11.5 Å². The van der Waals surface area contributed by atoms with E-state index in [4.69, 9.17) is 38.0 Å². The maximum absolute atomic E-state index is 6.13. The third-order valence-electron chi connectivity index (χ3n) is 4.22. The smallest absolute Gasteiger partial charge is 0.175 e. The summed E-state index contributed by atoms with van der Waals surface area (Å²) < 4.78 is 16.0. The van der Waals surface area contributed by atoms with Crippen LogP contribution < -0.4 is 25.0 Å². The fourth-order valence-electron chi connectivity index (χ4n) is 2.82. The van der Waals surface area contributed by atoms with Gasteiger partial charge in [0.2, 0.25) is 0 Å². The van der Waals surface area contributed by atoms with Gasteiger partial charge in [0.25, 0.3) is 0 Å². The Bertz CT molecular complexity index is 796. The number of nitrogens with one attached hydrogen (secondary N) is 2. The van der Waals surface area contributed by atoms with Crippen molar-refractivity contribution >= 4 is 46.0 Å². The number of hydrogen-bond donors (Lipinski definition) is 2. The molecule has 0 amide bonds. The Kier molecular flexibility index (Phi) is 6.60. The molecule has 1 heterocycles. The molecule has 0 atom stereocenters. The van der Waals surface area contributed by atoms with Crippen molar-refractivity contribution in [3.05, 3.63) is 41.4 Å². The molecule has 2 aromatic carbocycles. The van der Waals surface area contributed by atoms with Crippen LogP contribution in [0.4, 0.5) is 17.1 Å². The standard InChI is InChI=1S/C19H22ClN3O3S/c1-24-17-12-16(18(25-2)11-15(17)20)22-19(27)21-13-3-5-14(6-4-13)23-7-9-26-10-8-23/h3-6,11-12H,7-10H2,1-2H3,(H2,21,22,27). The van der Waals surface area contributed by atoms with Gasteiger partial charge in [0.05, 0.1) is 38.1 Å². The largest absolute Gasteiger partial charge is 0.495 e. The van der Waals surface area contributed by atoms with Crippen molar-refractivity contribution < 1.29 is 14.2 Å². The summed E-state index contributed by atoms with van der Waals surface area (Å²) in [5.41, 5.74) is 2.73. The zero-order chi connectivity index (χ0) is 19.2. The third-order valence-corrected chi connectivity index (χ3v) is 4.72. The van der Waals surface area contributed by atoms with Crippen molar-refractivity contribution in [2.24, 2.45) is 0 Å². The van der Waals surface area contributed by atoms with Crippen molar-refractivity contribution in [3.63, 3.8) is 0 Å². The molecule has 1 saturated heterocycles. The lowest BCUT2D eigenvalue weighted by molar-refractivity contribution is 0.122. The first-order valence-electron chi connectivity index (χ1n) is 8.53. The summed E-state index contributed by atoms with van der Waals surface area (Å²) in [6.45, 7) is 3.34. The van der Waals surface area contributed by atoms with E-state index in [-0.39, 0.29) is 0 Å². The summed E-state index contributed by atoms with van der Waals surface area (Å²) in [7, 11) is 3.13. The second-order valence-corrected chi connectivity index (χ2v) is 6.73. The predicted molar refractivity (Wildman–Crippen MR) is 114 cm³/mol. The van der Waals surface area contributed by atoms with E-state index in [2.05, 4.69) is 27.7 Å². The van der Waals surface area contributed by atoms with Crippen LogP contribution in [0, 0.1) is 0 Å². The number of hydrogen-bond acceptors (Lipinski definition) is 5. The summed E-state index contributed by atoms with van der Waals surface area (Å²) in [5, 5.41) is 7.20. The number of halogens is 1. The van der Waals surface area contributed by atoms with Crippen LogP contribution in [0.2, 0.25) is 5.02 Å². The highest BCUT2D eigenvalue weighted by Gasteiger charge is 2.13. The lowest BCUT2D eigenvalue weighted by Crippen LogP contribution is -2.36. The van der Waals surface area contributed by atoms with E-state index in [1.54, 1.807) is 26.4 Å². The number of methoxy groups -OCH3 is 2. The van der Waals surface area contributed by atoms with Gasteiger partial charge in [0.15, 0.2) is 5.11 Å². The minimum absolute atomic E-state index is 0.441. The number of nitrogens with zero attached hydrogens (tertiary/aromatic N) is 1. The molecule has 0 saturated carbocycles. The lowest BCUT2D eigenvalue weighted by Gasteiger charge is -2.29. The van der Waals surface area contributed by atoms with Crippen LogP contribution in [0.3, 0.4) is 0 Å². The van der Waals surface area contributed by atoms with Gasteiger partial charge in [0, 0.05) is 36.6 Å². The average molecular weight is 408 g/mol. The summed E-state index contributed by atoms with van der Waals surface area (Å²) in [5.74, 6) is 1.12. The first-order chi connectivity index (χ1) is 13.1. The van der Waals surface area contributed by atoms with Gasteiger partial charge in [-0.15, -0.1) is 0 Å². The Morgan fingerprint density at radius 1 is 1.04 bits per heavy atom. The van der Waals surface area contributed by atoms with Gasteiger partial charge < -0.3 is 29.7 Å². The number of rotatable bonds is 5. The van der Waals surface area contributed by atoms with Crippen LogP contribution >= 0.6 is 23.8 Å². The average Bonchev–Trinajstić information content (AvgIpc) is 2.70. The molecule has 0 aromatic heterocycles. The van der Waals surface area contributed by atoms with Crippen LogP contribution in [0.1, 0.15) is 0 Å². The normalized spacial score (nSPS) is 13.8. The maximum Gasteiger partial charge on any atom is 0.175 e. The summed E-state index contributed by atoms with van der Waals surface area (Å²) in [6, 6.07) is 11.6. The topological polar surface area (TPSA) is 55.0 Å². The van der Waals surface area contributed by atoms with Crippen molar-refractivity contribution in [1.29, 1.82) is 0 Å². The SMILES string of the molecule is COc1cc(NC(=S)Nc2ccc(N3CCOCC3)cc2)c(OC)cc1Cl. The van der Waals surface area contributed by atoms with Crippen LogP contribution in [-0.4, -0.2) is 45.6 Å². The molecule has 0 spiro atoms. The molecule has 8 heteroatoms. The molecule has 27 heavy (non-hydrogen) atoms. The van der Waals surface area contributed by atoms with Gasteiger partial charge in [-0.25, -0.2) is 0 Å². The molecule has 1 aliphatic rings. The number of ether oxygens (including phenoxy) is 3. The number of thiocarbonyl (C=S) groups is 1. The fourth-order valence-corrected chi connectivity index (χ4v) is 3.28. The van der Waals surface area contributed by atoms with Crippen LogP contribution in [-0.2, 0) is 4.74 Å². The van der Waals surface area contributed by atoms with Crippen molar-refractivity contribution in [1.82, 2.24) is 0 Å². The molecule has 0 unspecified atom stereocenters. The van der Waals surface area contributed by atoms with Gasteiger partial charge in [-0.2, -0.15) is 0 Å². The van der Waals surface area contributed by atoms with E-state index >= 15 is 0 Å². The first kappa shape index (κ1) is 19.5. The highest BCUT2D eigenvalue weighted by Crippen LogP contribution is 2.36. The zero-order valence-corrected chi connectivity index (χ0v) is 16.8.